The Bertz CT molecular complexity index is 499. The van der Waals surface area contributed by atoms with E-state index in [2.05, 4.69) is 21.2 Å². The lowest BCUT2D eigenvalue weighted by Gasteiger charge is -2.09. The normalized spacial score (nSPS) is 10.1. The van der Waals surface area contributed by atoms with Crippen molar-refractivity contribution in [3.8, 4) is 5.75 Å². The van der Waals surface area contributed by atoms with Crippen molar-refractivity contribution in [2.45, 2.75) is 0 Å². The van der Waals surface area contributed by atoms with E-state index >= 15 is 0 Å². The molecule has 2 rings (SSSR count). The monoisotopic (exact) mass is 306 g/mol. The Kier molecular flexibility index (Phi) is 4.47. The third-order valence-corrected chi connectivity index (χ3v) is 2.90. The first-order chi connectivity index (χ1) is 8.74. The third kappa shape index (κ3) is 3.96. The van der Waals surface area contributed by atoms with Crippen LogP contribution in [-0.4, -0.2) is 13.2 Å². The van der Waals surface area contributed by atoms with E-state index in [4.69, 9.17) is 10.5 Å². The van der Waals surface area contributed by atoms with Crippen LogP contribution >= 0.6 is 15.9 Å². The Balaban J connectivity index is 1.74. The van der Waals surface area contributed by atoms with Gasteiger partial charge in [0.1, 0.15) is 12.4 Å². The van der Waals surface area contributed by atoms with E-state index in [1.54, 1.807) is 0 Å². The molecule has 0 fully saturated rings. The molecule has 0 amide bonds. The molecule has 0 heterocycles. The Morgan fingerprint density at radius 1 is 1.11 bits per heavy atom. The fourth-order valence-corrected chi connectivity index (χ4v) is 1.90. The van der Waals surface area contributed by atoms with E-state index in [9.17, 15) is 0 Å². The summed E-state index contributed by atoms with van der Waals surface area (Å²) in [7, 11) is 0. The quantitative estimate of drug-likeness (QED) is 0.656. The number of anilines is 2. The maximum atomic E-state index is 5.62. The SMILES string of the molecule is Nc1ccc(NCCOc2cccc(Br)c2)cc1. The minimum absolute atomic E-state index is 0.612. The molecule has 94 valence electrons. The Morgan fingerprint density at radius 3 is 2.61 bits per heavy atom. The van der Waals surface area contributed by atoms with Crippen LogP contribution < -0.4 is 15.8 Å². The summed E-state index contributed by atoms with van der Waals surface area (Å²) in [6.45, 7) is 1.36. The first-order valence-corrected chi connectivity index (χ1v) is 6.51. The van der Waals surface area contributed by atoms with Crippen molar-refractivity contribution < 1.29 is 4.74 Å². The van der Waals surface area contributed by atoms with Gasteiger partial charge in [-0.15, -0.1) is 0 Å². The second-order valence-electron chi connectivity index (χ2n) is 3.85. The highest BCUT2D eigenvalue weighted by molar-refractivity contribution is 9.10. The third-order valence-electron chi connectivity index (χ3n) is 2.41. The highest BCUT2D eigenvalue weighted by Crippen LogP contribution is 2.17. The maximum Gasteiger partial charge on any atom is 0.120 e. The molecule has 3 nitrogen and oxygen atoms in total. The largest absolute Gasteiger partial charge is 0.492 e. The minimum atomic E-state index is 0.612. The smallest absolute Gasteiger partial charge is 0.120 e. The molecule has 0 aliphatic carbocycles. The van der Waals surface area contributed by atoms with E-state index in [0.29, 0.717) is 6.61 Å². The van der Waals surface area contributed by atoms with Crippen molar-refractivity contribution in [1.29, 1.82) is 0 Å². The van der Waals surface area contributed by atoms with Gasteiger partial charge in [0.05, 0.1) is 0 Å². The van der Waals surface area contributed by atoms with Gasteiger partial charge in [0.25, 0.3) is 0 Å². The molecule has 0 unspecified atom stereocenters. The van der Waals surface area contributed by atoms with Gasteiger partial charge in [0.2, 0.25) is 0 Å². The number of halogens is 1. The van der Waals surface area contributed by atoms with Crippen molar-refractivity contribution in [1.82, 2.24) is 0 Å². The summed E-state index contributed by atoms with van der Waals surface area (Å²) in [5, 5.41) is 3.26. The predicted molar refractivity (Wildman–Crippen MR) is 79.0 cm³/mol. The first-order valence-electron chi connectivity index (χ1n) is 5.72. The van der Waals surface area contributed by atoms with Crippen LogP contribution in [0.4, 0.5) is 11.4 Å². The molecular weight excluding hydrogens is 292 g/mol. The minimum Gasteiger partial charge on any atom is -0.492 e. The zero-order valence-corrected chi connectivity index (χ0v) is 11.5. The molecule has 2 aromatic rings. The van der Waals surface area contributed by atoms with Gasteiger partial charge in [-0.3, -0.25) is 0 Å². The van der Waals surface area contributed by atoms with Crippen LogP contribution in [0.3, 0.4) is 0 Å². The Hall–Kier alpha value is -1.68. The maximum absolute atomic E-state index is 5.62. The molecule has 0 atom stereocenters. The molecule has 0 aliphatic heterocycles. The molecule has 0 saturated carbocycles. The summed E-state index contributed by atoms with van der Waals surface area (Å²) in [5.41, 5.74) is 7.43. The van der Waals surface area contributed by atoms with Crippen molar-refractivity contribution in [3.63, 3.8) is 0 Å². The van der Waals surface area contributed by atoms with Gasteiger partial charge in [0, 0.05) is 22.4 Å². The van der Waals surface area contributed by atoms with Crippen LogP contribution in [0.1, 0.15) is 0 Å². The van der Waals surface area contributed by atoms with Crippen molar-refractivity contribution in [2.24, 2.45) is 0 Å². The van der Waals surface area contributed by atoms with Gasteiger partial charge >= 0.3 is 0 Å². The van der Waals surface area contributed by atoms with Crippen molar-refractivity contribution in [2.75, 3.05) is 24.2 Å². The summed E-state index contributed by atoms with van der Waals surface area (Å²) in [5.74, 6) is 0.864. The van der Waals surface area contributed by atoms with Crippen molar-refractivity contribution >= 4 is 27.3 Å². The number of nitrogens with one attached hydrogen (secondary N) is 1. The molecule has 0 saturated heterocycles. The Labute approximate surface area is 115 Å². The fourth-order valence-electron chi connectivity index (χ4n) is 1.52. The molecule has 18 heavy (non-hydrogen) atoms. The number of rotatable bonds is 5. The zero-order chi connectivity index (χ0) is 12.8. The van der Waals surface area contributed by atoms with E-state index in [-0.39, 0.29) is 0 Å². The molecule has 0 aliphatic rings. The lowest BCUT2D eigenvalue weighted by Crippen LogP contribution is -2.11. The van der Waals surface area contributed by atoms with Crippen LogP contribution in [0.5, 0.6) is 5.75 Å². The first kappa shape index (κ1) is 12.8. The van der Waals surface area contributed by atoms with Crippen LogP contribution in [0.15, 0.2) is 53.0 Å². The zero-order valence-electron chi connectivity index (χ0n) is 9.90. The summed E-state index contributed by atoms with van der Waals surface area (Å²) in [6.07, 6.45) is 0. The highest BCUT2D eigenvalue weighted by atomic mass is 79.9. The number of hydrogen-bond acceptors (Lipinski definition) is 3. The number of benzene rings is 2. The molecule has 4 heteroatoms. The second-order valence-corrected chi connectivity index (χ2v) is 4.77. The predicted octanol–water partition coefficient (Wildman–Crippen LogP) is 3.52. The topological polar surface area (TPSA) is 47.3 Å². The van der Waals surface area contributed by atoms with Gasteiger partial charge in [-0.1, -0.05) is 22.0 Å². The molecular formula is C14H15BrN2O. The van der Waals surface area contributed by atoms with Crippen molar-refractivity contribution in [3.05, 3.63) is 53.0 Å². The van der Waals surface area contributed by atoms with Crippen LogP contribution in [0, 0.1) is 0 Å². The summed E-state index contributed by atoms with van der Waals surface area (Å²) < 4.78 is 6.63. The van der Waals surface area contributed by atoms with Gasteiger partial charge < -0.3 is 15.8 Å². The lowest BCUT2D eigenvalue weighted by molar-refractivity contribution is 0.332. The average Bonchev–Trinajstić information content (AvgIpc) is 2.37. The molecule has 3 N–H and O–H groups in total. The number of ether oxygens (including phenoxy) is 1. The Morgan fingerprint density at radius 2 is 1.89 bits per heavy atom. The standard InChI is InChI=1S/C14H15BrN2O/c15-11-2-1-3-14(10-11)18-9-8-17-13-6-4-12(16)5-7-13/h1-7,10,17H,8-9,16H2. The van der Waals surface area contributed by atoms with E-state index in [0.717, 1.165) is 28.1 Å². The highest BCUT2D eigenvalue weighted by Gasteiger charge is 1.95. The van der Waals surface area contributed by atoms with Crippen LogP contribution in [0.2, 0.25) is 0 Å². The number of nitrogen functional groups attached to an aromatic ring is 1. The molecule has 0 spiro atoms. The molecule has 0 radical (unpaired) electrons. The molecule has 0 aromatic heterocycles. The molecule has 0 bridgehead atoms. The van der Waals surface area contributed by atoms with Gasteiger partial charge in [-0.2, -0.15) is 0 Å². The lowest BCUT2D eigenvalue weighted by atomic mass is 10.3. The summed E-state index contributed by atoms with van der Waals surface area (Å²) in [4.78, 5) is 0. The van der Waals surface area contributed by atoms with E-state index in [1.807, 2.05) is 48.5 Å². The van der Waals surface area contributed by atoms with E-state index < -0.39 is 0 Å². The summed E-state index contributed by atoms with van der Waals surface area (Å²) >= 11 is 3.41. The van der Waals surface area contributed by atoms with Gasteiger partial charge in [-0.05, 0) is 42.5 Å². The average molecular weight is 307 g/mol. The molecule has 2 aromatic carbocycles. The van der Waals surface area contributed by atoms with E-state index in [1.165, 1.54) is 0 Å². The van der Waals surface area contributed by atoms with Gasteiger partial charge in [-0.25, -0.2) is 0 Å². The van der Waals surface area contributed by atoms with Crippen LogP contribution in [-0.2, 0) is 0 Å². The fraction of sp³-hybridized carbons (Fsp3) is 0.143. The van der Waals surface area contributed by atoms with Gasteiger partial charge in [0.15, 0.2) is 0 Å². The number of nitrogens with two attached hydrogens (primary N) is 1. The second kappa shape index (κ2) is 6.31. The summed E-state index contributed by atoms with van der Waals surface area (Å²) in [6, 6.07) is 15.5. The van der Waals surface area contributed by atoms with Crippen LogP contribution in [0.25, 0.3) is 0 Å². The number of hydrogen-bond donors (Lipinski definition) is 2.